The van der Waals surface area contributed by atoms with E-state index in [4.69, 9.17) is 0 Å². The molecule has 29 heavy (non-hydrogen) atoms. The highest BCUT2D eigenvalue weighted by atomic mass is 32.2. The van der Waals surface area contributed by atoms with Crippen molar-refractivity contribution in [1.82, 2.24) is 0 Å². The molecule has 2 nitrogen and oxygen atoms in total. The van der Waals surface area contributed by atoms with E-state index in [1.807, 2.05) is 0 Å². The summed E-state index contributed by atoms with van der Waals surface area (Å²) < 4.78 is 245. The summed E-state index contributed by atoms with van der Waals surface area (Å²) in [5, 5.41) is -17.3. The molecule has 0 spiro atoms. The van der Waals surface area contributed by atoms with Crippen molar-refractivity contribution in [2.24, 2.45) is 0 Å². The van der Waals surface area contributed by atoms with E-state index in [2.05, 4.69) is 0 Å². The predicted octanol–water partition coefficient (Wildman–Crippen LogP) is 5.25. The van der Waals surface area contributed by atoms with Gasteiger partial charge in [0.2, 0.25) is 0 Å². The van der Waals surface area contributed by atoms with Gasteiger partial charge in [0.05, 0.1) is 0 Å². The van der Waals surface area contributed by atoms with Crippen LogP contribution in [0, 0.1) is 0 Å². The maximum Gasteiger partial charge on any atom is 0.460 e. The van der Waals surface area contributed by atoms with Crippen molar-refractivity contribution in [3.63, 3.8) is 0 Å². The number of hydrogen-bond donors (Lipinski definition) is 0. The Hall–Kier alpha value is -1.31. The van der Waals surface area contributed by atoms with Gasteiger partial charge < -0.3 is 0 Å². The highest BCUT2D eigenvalue weighted by molar-refractivity contribution is 7.93. The SMILES string of the molecule is O=S(=O)(C(F)(F)C(F)(F)C(F)(F)C(F)(F)F)C(F)(F)C(F)(F)C(F)(F)C(F)(F)F. The Labute approximate surface area is 145 Å². The summed E-state index contributed by atoms with van der Waals surface area (Å²) in [6.07, 6.45) is -15.7. The van der Waals surface area contributed by atoms with E-state index in [1.165, 1.54) is 0 Å². The van der Waals surface area contributed by atoms with Crippen LogP contribution >= 0.6 is 0 Å². The molecule has 0 fully saturated rings. The van der Waals surface area contributed by atoms with E-state index < -0.39 is 56.4 Å². The van der Waals surface area contributed by atoms with E-state index in [1.54, 1.807) is 0 Å². The zero-order valence-corrected chi connectivity index (χ0v) is 12.8. The standard InChI is InChI=1S/C8F18O2S/c9-1(10,5(17,18)19)3(13,14)7(23,24)29(27,28)8(25,26)4(15,16)2(11,12)6(20,21)22. The number of rotatable bonds is 6. The maximum atomic E-state index is 13.1. The lowest BCUT2D eigenvalue weighted by Gasteiger charge is -2.37. The Balaban J connectivity index is 6.92. The molecule has 0 unspecified atom stereocenters. The van der Waals surface area contributed by atoms with Crippen LogP contribution in [0.15, 0.2) is 0 Å². The van der Waals surface area contributed by atoms with E-state index in [0.717, 1.165) is 0 Å². The minimum absolute atomic E-state index is 7.86. The van der Waals surface area contributed by atoms with Gasteiger partial charge in [0.1, 0.15) is 0 Å². The Morgan fingerprint density at radius 2 is 0.517 bits per heavy atom. The van der Waals surface area contributed by atoms with Crippen LogP contribution in [-0.4, -0.2) is 55.0 Å². The minimum Gasteiger partial charge on any atom is -0.216 e. The van der Waals surface area contributed by atoms with Crippen LogP contribution in [0.2, 0.25) is 0 Å². The molecule has 0 aliphatic carbocycles. The van der Waals surface area contributed by atoms with Crippen molar-refractivity contribution in [1.29, 1.82) is 0 Å². The van der Waals surface area contributed by atoms with E-state index >= 15 is 0 Å². The molecule has 0 bridgehead atoms. The van der Waals surface area contributed by atoms with Gasteiger partial charge in [-0.05, 0) is 0 Å². The van der Waals surface area contributed by atoms with E-state index in [0.29, 0.717) is 0 Å². The predicted molar refractivity (Wildman–Crippen MR) is 50.7 cm³/mol. The fourth-order valence-corrected chi connectivity index (χ4v) is 2.47. The van der Waals surface area contributed by atoms with Gasteiger partial charge in [-0.2, -0.15) is 79.0 Å². The van der Waals surface area contributed by atoms with Gasteiger partial charge in [0.25, 0.3) is 9.84 Å². The molecule has 0 amide bonds. The molecule has 0 aromatic rings. The van der Waals surface area contributed by atoms with Crippen LogP contribution in [-0.2, 0) is 9.84 Å². The van der Waals surface area contributed by atoms with Crippen LogP contribution in [0.5, 0.6) is 0 Å². The van der Waals surface area contributed by atoms with Crippen molar-refractivity contribution in [2.75, 3.05) is 0 Å². The van der Waals surface area contributed by atoms with Gasteiger partial charge >= 0.3 is 46.6 Å². The van der Waals surface area contributed by atoms with Crippen molar-refractivity contribution >= 4 is 9.84 Å². The van der Waals surface area contributed by atoms with Gasteiger partial charge in [-0.25, -0.2) is 8.42 Å². The molecule has 0 N–H and O–H groups in total. The van der Waals surface area contributed by atoms with Crippen LogP contribution in [0.3, 0.4) is 0 Å². The molecule has 0 saturated carbocycles. The quantitative estimate of drug-likeness (QED) is 0.466. The summed E-state index contributed by atoms with van der Waals surface area (Å²) >= 11 is 0. The molecule has 0 aromatic carbocycles. The average Bonchev–Trinajstić information content (AvgIpc) is 2.43. The Morgan fingerprint density at radius 1 is 0.345 bits per heavy atom. The molecule has 176 valence electrons. The topological polar surface area (TPSA) is 34.1 Å². The van der Waals surface area contributed by atoms with Crippen molar-refractivity contribution < 1.29 is 87.4 Å². The van der Waals surface area contributed by atoms with Gasteiger partial charge in [-0.3, -0.25) is 0 Å². The Morgan fingerprint density at radius 3 is 0.655 bits per heavy atom. The van der Waals surface area contributed by atoms with Gasteiger partial charge in [0.15, 0.2) is 0 Å². The summed E-state index contributed by atoms with van der Waals surface area (Å²) in [5.74, 6) is -33.7. The molecule has 0 radical (unpaired) electrons. The second kappa shape index (κ2) is 6.34. The molecular formula is C8F18O2S. The highest BCUT2D eigenvalue weighted by Gasteiger charge is 2.93. The molecule has 0 aliphatic heterocycles. The fourth-order valence-electron chi connectivity index (χ4n) is 1.22. The molecule has 0 aromatic heterocycles. The van der Waals surface area contributed by atoms with E-state index in [9.17, 15) is 87.4 Å². The maximum absolute atomic E-state index is 13.1. The number of hydrogen-bond acceptors (Lipinski definition) is 2. The Kier molecular flexibility index (Phi) is 6.06. The largest absolute Gasteiger partial charge is 0.460 e. The van der Waals surface area contributed by atoms with Gasteiger partial charge in [0, 0.05) is 0 Å². The normalized spacial score (nSPS) is 16.9. The summed E-state index contributed by atoms with van der Waals surface area (Å²) in [6.45, 7) is 0. The van der Waals surface area contributed by atoms with Crippen LogP contribution < -0.4 is 0 Å². The zero-order chi connectivity index (χ0) is 24.5. The summed E-state index contributed by atoms with van der Waals surface area (Å²) in [6, 6.07) is 0. The molecule has 0 rings (SSSR count). The lowest BCUT2D eigenvalue weighted by molar-refractivity contribution is -0.389. The van der Waals surface area contributed by atoms with Crippen molar-refractivity contribution in [3.8, 4) is 0 Å². The number of halogens is 18. The summed E-state index contributed by atoms with van der Waals surface area (Å²) in [7, 11) is -9.67. The lowest BCUT2D eigenvalue weighted by atomic mass is 10.1. The second-order valence-corrected chi connectivity index (χ2v) is 6.86. The smallest absolute Gasteiger partial charge is 0.216 e. The third kappa shape index (κ3) is 3.26. The zero-order valence-electron chi connectivity index (χ0n) is 12.0. The number of alkyl halides is 18. The first-order valence-electron chi connectivity index (χ1n) is 5.64. The molecule has 0 atom stereocenters. The Bertz CT molecular complexity index is 668. The monoisotopic (exact) mass is 502 g/mol. The summed E-state index contributed by atoms with van der Waals surface area (Å²) in [4.78, 5) is 0. The first-order valence-corrected chi connectivity index (χ1v) is 7.13. The third-order valence-electron chi connectivity index (χ3n) is 2.91. The third-order valence-corrected chi connectivity index (χ3v) is 4.77. The first-order chi connectivity index (χ1) is 12.0. The van der Waals surface area contributed by atoms with Crippen LogP contribution in [0.1, 0.15) is 0 Å². The van der Waals surface area contributed by atoms with Crippen molar-refractivity contribution in [2.45, 2.75) is 46.6 Å². The van der Waals surface area contributed by atoms with Crippen molar-refractivity contribution in [3.05, 3.63) is 0 Å². The lowest BCUT2D eigenvalue weighted by Crippen LogP contribution is -2.70. The first kappa shape index (κ1) is 27.7. The molecule has 21 heteroatoms. The fraction of sp³-hybridized carbons (Fsp3) is 1.00. The second-order valence-electron chi connectivity index (χ2n) is 4.83. The molecule has 0 aliphatic rings. The van der Waals surface area contributed by atoms with Crippen LogP contribution in [0.25, 0.3) is 0 Å². The van der Waals surface area contributed by atoms with Gasteiger partial charge in [-0.1, -0.05) is 0 Å². The van der Waals surface area contributed by atoms with Gasteiger partial charge in [-0.15, -0.1) is 0 Å². The minimum atomic E-state index is -9.67. The molecule has 0 heterocycles. The average molecular weight is 502 g/mol. The molecule has 0 saturated heterocycles. The summed E-state index contributed by atoms with van der Waals surface area (Å²) in [5.41, 5.74) is 0. The van der Waals surface area contributed by atoms with Crippen LogP contribution in [0.4, 0.5) is 79.0 Å². The highest BCUT2D eigenvalue weighted by Crippen LogP contribution is 2.61. The molecular weight excluding hydrogens is 502 g/mol. The number of sulfone groups is 1. The van der Waals surface area contributed by atoms with E-state index in [-0.39, 0.29) is 0 Å².